The Morgan fingerprint density at radius 3 is 2.20 bits per heavy atom. The number of hydrogen-bond acceptors (Lipinski definition) is 6. The van der Waals surface area contributed by atoms with E-state index < -0.39 is 5.25 Å². The first-order valence-electron chi connectivity index (χ1n) is 10.8. The van der Waals surface area contributed by atoms with Crippen molar-refractivity contribution in [2.75, 3.05) is 19.5 Å². The number of methoxy groups -OCH3 is 2. The van der Waals surface area contributed by atoms with E-state index in [0.29, 0.717) is 28.8 Å². The van der Waals surface area contributed by atoms with Crippen LogP contribution >= 0.6 is 34.4 Å². The van der Waals surface area contributed by atoms with Crippen LogP contribution in [0.15, 0.2) is 77.8 Å². The molecule has 7 nitrogen and oxygen atoms in total. The molecule has 1 heterocycles. The third-order valence-corrected chi connectivity index (χ3v) is 7.25. The number of amides is 2. The Morgan fingerprint density at radius 2 is 1.60 bits per heavy atom. The lowest BCUT2D eigenvalue weighted by Crippen LogP contribution is -2.44. The summed E-state index contributed by atoms with van der Waals surface area (Å²) in [6.45, 7) is 0.344. The van der Waals surface area contributed by atoms with Gasteiger partial charge in [-0.3, -0.25) is 14.5 Å². The Morgan fingerprint density at radius 1 is 1.00 bits per heavy atom. The van der Waals surface area contributed by atoms with Crippen LogP contribution in [0.1, 0.15) is 12.0 Å². The van der Waals surface area contributed by atoms with Crippen molar-refractivity contribution < 1.29 is 19.1 Å². The second-order valence-corrected chi connectivity index (χ2v) is 10.1. The number of benzene rings is 3. The minimum Gasteiger partial charge on any atom is -0.497 e. The molecule has 3 aromatic rings. The molecular weight excluding hydrogens is 577 g/mol. The Balaban J connectivity index is 1.58. The van der Waals surface area contributed by atoms with Gasteiger partial charge in [0.2, 0.25) is 11.8 Å². The molecule has 0 spiro atoms. The Hall–Kier alpha value is -3.05. The van der Waals surface area contributed by atoms with Crippen molar-refractivity contribution in [1.29, 1.82) is 0 Å². The van der Waals surface area contributed by atoms with E-state index in [4.69, 9.17) is 14.5 Å². The summed E-state index contributed by atoms with van der Waals surface area (Å²) >= 11 is 3.50. The van der Waals surface area contributed by atoms with Gasteiger partial charge in [0.15, 0.2) is 5.17 Å². The summed E-state index contributed by atoms with van der Waals surface area (Å²) in [7, 11) is 3.21. The lowest BCUT2D eigenvalue weighted by atomic mass is 10.2. The highest BCUT2D eigenvalue weighted by Gasteiger charge is 2.36. The first-order valence-corrected chi connectivity index (χ1v) is 12.8. The third-order valence-electron chi connectivity index (χ3n) is 5.34. The van der Waals surface area contributed by atoms with E-state index in [0.717, 1.165) is 14.9 Å². The van der Waals surface area contributed by atoms with Crippen molar-refractivity contribution in [3.8, 4) is 11.5 Å². The predicted molar refractivity (Wildman–Crippen MR) is 147 cm³/mol. The second kappa shape index (κ2) is 11.6. The molecular formula is C26H24IN3O4S. The number of carbonyl (C=O) groups excluding carboxylic acids is 2. The van der Waals surface area contributed by atoms with Gasteiger partial charge in [0.1, 0.15) is 16.7 Å². The quantitative estimate of drug-likeness (QED) is 0.364. The van der Waals surface area contributed by atoms with E-state index >= 15 is 0 Å². The molecule has 3 aromatic carbocycles. The van der Waals surface area contributed by atoms with Gasteiger partial charge in [-0.05, 0) is 88.8 Å². The van der Waals surface area contributed by atoms with Gasteiger partial charge >= 0.3 is 0 Å². The molecule has 2 amide bonds. The SMILES string of the molecule is COc1ccc(CN2C(=O)CC(C(=O)Nc3ccc(I)cc3)SC2=Nc2ccc(OC)cc2)cc1. The van der Waals surface area contributed by atoms with Gasteiger partial charge in [0.05, 0.1) is 26.5 Å². The van der Waals surface area contributed by atoms with E-state index in [1.165, 1.54) is 11.8 Å². The van der Waals surface area contributed by atoms with Gasteiger partial charge < -0.3 is 14.8 Å². The maximum absolute atomic E-state index is 13.2. The van der Waals surface area contributed by atoms with Crippen LogP contribution in [-0.2, 0) is 16.1 Å². The van der Waals surface area contributed by atoms with E-state index in [1.807, 2.05) is 72.8 Å². The largest absolute Gasteiger partial charge is 0.497 e. The van der Waals surface area contributed by atoms with Crippen LogP contribution in [0.4, 0.5) is 11.4 Å². The molecule has 4 rings (SSSR count). The Bertz CT molecular complexity index is 1210. The number of halogens is 1. The van der Waals surface area contributed by atoms with Crippen molar-refractivity contribution in [1.82, 2.24) is 4.90 Å². The fourth-order valence-electron chi connectivity index (χ4n) is 3.43. The number of thioether (sulfide) groups is 1. The number of ether oxygens (including phenoxy) is 2. The van der Waals surface area contributed by atoms with Crippen LogP contribution in [0.5, 0.6) is 11.5 Å². The molecule has 35 heavy (non-hydrogen) atoms. The number of carbonyl (C=O) groups is 2. The van der Waals surface area contributed by atoms with Gasteiger partial charge in [0, 0.05) is 15.7 Å². The van der Waals surface area contributed by atoms with Gasteiger partial charge in [-0.25, -0.2) is 4.99 Å². The first kappa shape index (κ1) is 25.1. The average molecular weight is 601 g/mol. The normalized spacial score (nSPS) is 16.8. The molecule has 1 saturated heterocycles. The Kier molecular flexibility index (Phi) is 8.29. The minimum atomic E-state index is -0.592. The molecule has 1 fully saturated rings. The van der Waals surface area contributed by atoms with E-state index in [2.05, 4.69) is 27.9 Å². The first-order chi connectivity index (χ1) is 16.9. The third kappa shape index (κ3) is 6.55. The molecule has 0 bridgehead atoms. The standard InChI is InChI=1S/C26H24IN3O4S/c1-33-21-11-3-17(4-12-21)16-30-24(31)15-23(25(32)28-19-7-5-18(27)6-8-19)35-26(30)29-20-9-13-22(34-2)14-10-20/h3-14,23H,15-16H2,1-2H3,(H,28,32). The molecule has 0 aromatic heterocycles. The number of amidine groups is 1. The number of aliphatic imine (C=N–C) groups is 1. The van der Waals surface area contributed by atoms with Crippen molar-refractivity contribution in [3.63, 3.8) is 0 Å². The maximum Gasteiger partial charge on any atom is 0.238 e. The number of hydrogen-bond donors (Lipinski definition) is 1. The van der Waals surface area contributed by atoms with Crippen molar-refractivity contribution in [3.05, 3.63) is 81.9 Å². The van der Waals surface area contributed by atoms with Crippen LogP contribution < -0.4 is 14.8 Å². The summed E-state index contributed by atoms with van der Waals surface area (Å²) in [6, 6.07) is 22.3. The molecule has 1 atom stereocenters. The van der Waals surface area contributed by atoms with Crippen molar-refractivity contribution in [2.45, 2.75) is 18.2 Å². The summed E-state index contributed by atoms with van der Waals surface area (Å²) < 4.78 is 11.5. The molecule has 0 radical (unpaired) electrons. The average Bonchev–Trinajstić information content (AvgIpc) is 2.88. The fourth-order valence-corrected chi connectivity index (χ4v) is 4.89. The van der Waals surface area contributed by atoms with Crippen LogP contribution in [0.2, 0.25) is 0 Å². The predicted octanol–water partition coefficient (Wildman–Crippen LogP) is 5.47. The highest BCUT2D eigenvalue weighted by atomic mass is 127. The minimum absolute atomic E-state index is 0.0820. The maximum atomic E-state index is 13.2. The van der Waals surface area contributed by atoms with Crippen LogP contribution in [0, 0.1) is 3.57 Å². The van der Waals surface area contributed by atoms with Crippen molar-refractivity contribution >= 4 is 62.7 Å². The molecule has 1 aliphatic rings. The fraction of sp³-hybridized carbons (Fsp3) is 0.192. The molecule has 9 heteroatoms. The van der Waals surface area contributed by atoms with Gasteiger partial charge in [0.25, 0.3) is 0 Å². The second-order valence-electron chi connectivity index (χ2n) is 7.73. The molecule has 0 saturated carbocycles. The smallest absolute Gasteiger partial charge is 0.238 e. The highest BCUT2D eigenvalue weighted by Crippen LogP contribution is 2.31. The lowest BCUT2D eigenvalue weighted by molar-refractivity contribution is -0.129. The number of anilines is 1. The Labute approximate surface area is 222 Å². The van der Waals surface area contributed by atoms with Crippen LogP contribution in [-0.4, -0.2) is 41.4 Å². The van der Waals surface area contributed by atoms with Gasteiger partial charge in [-0.15, -0.1) is 0 Å². The van der Waals surface area contributed by atoms with E-state index in [1.54, 1.807) is 19.1 Å². The molecule has 1 N–H and O–H groups in total. The highest BCUT2D eigenvalue weighted by molar-refractivity contribution is 14.1. The number of nitrogens with one attached hydrogen (secondary N) is 1. The van der Waals surface area contributed by atoms with Crippen LogP contribution in [0.3, 0.4) is 0 Å². The van der Waals surface area contributed by atoms with Crippen molar-refractivity contribution in [2.24, 2.45) is 4.99 Å². The van der Waals surface area contributed by atoms with Gasteiger partial charge in [-0.2, -0.15) is 0 Å². The van der Waals surface area contributed by atoms with E-state index in [9.17, 15) is 9.59 Å². The summed E-state index contributed by atoms with van der Waals surface area (Å²) in [5.41, 5.74) is 2.29. The summed E-state index contributed by atoms with van der Waals surface area (Å²) in [5, 5.41) is 2.80. The zero-order valence-corrected chi connectivity index (χ0v) is 22.2. The monoisotopic (exact) mass is 601 g/mol. The van der Waals surface area contributed by atoms with E-state index in [-0.39, 0.29) is 18.2 Å². The lowest BCUT2D eigenvalue weighted by Gasteiger charge is -2.32. The number of nitrogens with zero attached hydrogens (tertiary/aromatic N) is 2. The summed E-state index contributed by atoms with van der Waals surface area (Å²) in [5.74, 6) is 1.07. The molecule has 0 aliphatic carbocycles. The molecule has 1 aliphatic heterocycles. The zero-order valence-electron chi connectivity index (χ0n) is 19.2. The molecule has 1 unspecified atom stereocenters. The number of rotatable bonds is 7. The topological polar surface area (TPSA) is 80.2 Å². The van der Waals surface area contributed by atoms with Gasteiger partial charge in [-0.1, -0.05) is 23.9 Å². The molecule has 180 valence electrons. The van der Waals surface area contributed by atoms with Crippen LogP contribution in [0.25, 0.3) is 0 Å². The summed E-state index contributed by atoms with van der Waals surface area (Å²) in [4.78, 5) is 32.6. The zero-order chi connectivity index (χ0) is 24.8. The summed E-state index contributed by atoms with van der Waals surface area (Å²) in [6.07, 6.45) is 0.0820.